The van der Waals surface area contributed by atoms with Crippen molar-refractivity contribution >= 4 is 11.9 Å². The lowest BCUT2D eigenvalue weighted by atomic mass is 10.1. The third-order valence-corrected chi connectivity index (χ3v) is 4.62. The smallest absolute Gasteiger partial charge is 0.342 e. The minimum absolute atomic E-state index is 0.240. The van der Waals surface area contributed by atoms with Gasteiger partial charge in [0.2, 0.25) is 0 Å². The third kappa shape index (κ3) is 4.12. The number of rotatable bonds is 6. The predicted molar refractivity (Wildman–Crippen MR) is 98.0 cm³/mol. The number of hydrogen-bond donors (Lipinski definition) is 1. The number of benzene rings is 1. The number of carbonyl (C=O) groups is 2. The van der Waals surface area contributed by atoms with Gasteiger partial charge in [-0.1, -0.05) is 29.8 Å². The van der Waals surface area contributed by atoms with E-state index in [0.717, 1.165) is 24.1 Å². The fourth-order valence-electron chi connectivity index (χ4n) is 2.83. The molecular weight excluding hydrogens is 330 g/mol. The number of carbonyl (C=O) groups excluding carboxylic acids is 2. The molecule has 6 heteroatoms. The Morgan fingerprint density at radius 1 is 1.23 bits per heavy atom. The Kier molecular flexibility index (Phi) is 5.11. The van der Waals surface area contributed by atoms with E-state index >= 15 is 0 Å². The van der Waals surface area contributed by atoms with Gasteiger partial charge in [0.1, 0.15) is 5.56 Å². The van der Waals surface area contributed by atoms with Crippen LogP contribution in [0.25, 0.3) is 0 Å². The van der Waals surface area contributed by atoms with Crippen LogP contribution in [0.15, 0.2) is 24.3 Å². The second-order valence-electron chi connectivity index (χ2n) is 7.02. The number of amides is 1. The Balaban J connectivity index is 1.70. The maximum Gasteiger partial charge on any atom is 0.342 e. The summed E-state index contributed by atoms with van der Waals surface area (Å²) in [5, 5.41) is 7.32. The Hall–Kier alpha value is -2.63. The van der Waals surface area contributed by atoms with Gasteiger partial charge in [0.15, 0.2) is 6.10 Å². The number of hydrogen-bond acceptors (Lipinski definition) is 4. The predicted octanol–water partition coefficient (Wildman–Crippen LogP) is 2.68. The molecule has 1 amide bonds. The zero-order valence-corrected chi connectivity index (χ0v) is 15.7. The van der Waals surface area contributed by atoms with Gasteiger partial charge < -0.3 is 10.1 Å². The first-order chi connectivity index (χ1) is 12.3. The van der Waals surface area contributed by atoms with Crippen molar-refractivity contribution in [3.05, 3.63) is 52.3 Å². The van der Waals surface area contributed by atoms with Gasteiger partial charge in [0.25, 0.3) is 5.91 Å². The van der Waals surface area contributed by atoms with E-state index in [2.05, 4.69) is 22.5 Å². The molecule has 1 aliphatic rings. The first kappa shape index (κ1) is 18.2. The zero-order valence-electron chi connectivity index (χ0n) is 15.7. The van der Waals surface area contributed by atoms with Crippen molar-refractivity contribution in [3.8, 4) is 0 Å². The normalized spacial score (nSPS) is 14.8. The van der Waals surface area contributed by atoms with Crippen molar-refractivity contribution in [3.63, 3.8) is 0 Å². The molecule has 0 saturated heterocycles. The van der Waals surface area contributed by atoms with Crippen LogP contribution in [0.5, 0.6) is 0 Å². The van der Waals surface area contributed by atoms with Crippen molar-refractivity contribution in [1.82, 2.24) is 15.1 Å². The number of nitrogens with one attached hydrogen (secondary N) is 1. The summed E-state index contributed by atoms with van der Waals surface area (Å²) < 4.78 is 7.16. The van der Waals surface area contributed by atoms with Crippen molar-refractivity contribution < 1.29 is 14.3 Å². The monoisotopic (exact) mass is 355 g/mol. The summed E-state index contributed by atoms with van der Waals surface area (Å²) >= 11 is 0. The average molecular weight is 355 g/mol. The number of aromatic nitrogens is 2. The summed E-state index contributed by atoms with van der Waals surface area (Å²) in [6, 6.07) is 8.44. The molecule has 1 aromatic heterocycles. The second kappa shape index (κ2) is 7.32. The molecule has 0 spiro atoms. The molecule has 6 nitrogen and oxygen atoms in total. The zero-order chi connectivity index (χ0) is 18.8. The summed E-state index contributed by atoms with van der Waals surface area (Å²) in [4.78, 5) is 24.6. The minimum atomic E-state index is -0.817. The van der Waals surface area contributed by atoms with Crippen LogP contribution in [-0.2, 0) is 16.1 Å². The summed E-state index contributed by atoms with van der Waals surface area (Å²) in [6.07, 6.45) is 1.18. The van der Waals surface area contributed by atoms with Gasteiger partial charge in [-0.25, -0.2) is 4.79 Å². The molecular formula is C20H25N3O3. The summed E-state index contributed by atoms with van der Waals surface area (Å²) in [5.74, 6) is -0.753. The number of esters is 1. The molecule has 0 unspecified atom stereocenters. The van der Waals surface area contributed by atoms with Gasteiger partial charge in [-0.3, -0.25) is 9.48 Å². The molecule has 1 heterocycles. The molecule has 0 aliphatic heterocycles. The lowest BCUT2D eigenvalue weighted by molar-refractivity contribution is -0.129. The van der Waals surface area contributed by atoms with Gasteiger partial charge in [-0.15, -0.1) is 0 Å². The highest BCUT2D eigenvalue weighted by atomic mass is 16.5. The van der Waals surface area contributed by atoms with E-state index in [1.54, 1.807) is 18.5 Å². The molecule has 1 fully saturated rings. The van der Waals surface area contributed by atoms with Crippen molar-refractivity contribution in [2.75, 3.05) is 0 Å². The highest BCUT2D eigenvalue weighted by Gasteiger charge is 2.29. The van der Waals surface area contributed by atoms with Gasteiger partial charge >= 0.3 is 5.97 Å². The molecule has 1 aromatic carbocycles. The first-order valence-electron chi connectivity index (χ1n) is 8.96. The molecule has 3 rings (SSSR count). The molecule has 1 atom stereocenters. The van der Waals surface area contributed by atoms with E-state index in [-0.39, 0.29) is 11.9 Å². The van der Waals surface area contributed by atoms with Crippen LogP contribution in [0.4, 0.5) is 0 Å². The van der Waals surface area contributed by atoms with Crippen LogP contribution in [0.3, 0.4) is 0 Å². The number of nitrogens with zero attached hydrogens (tertiary/aromatic N) is 2. The highest BCUT2D eigenvalue weighted by molar-refractivity contribution is 5.94. The standard InChI is InChI=1S/C20H25N3O3/c1-12-5-7-16(8-6-12)11-23-14(3)18(13(2)22-23)20(25)26-15(4)19(24)21-17-9-10-17/h5-8,15,17H,9-11H2,1-4H3,(H,21,24)/t15-/m1/s1. The first-order valence-corrected chi connectivity index (χ1v) is 8.96. The quantitative estimate of drug-likeness (QED) is 0.809. The highest BCUT2D eigenvalue weighted by Crippen LogP contribution is 2.20. The lowest BCUT2D eigenvalue weighted by Crippen LogP contribution is -2.37. The van der Waals surface area contributed by atoms with Crippen LogP contribution in [0.2, 0.25) is 0 Å². The SMILES string of the molecule is Cc1ccc(Cn2nc(C)c(C(=O)O[C@H](C)C(=O)NC3CC3)c2C)cc1. The van der Waals surface area contributed by atoms with Gasteiger partial charge in [-0.2, -0.15) is 5.10 Å². The maximum atomic E-state index is 12.6. The van der Waals surface area contributed by atoms with Crippen molar-refractivity contribution in [2.45, 2.75) is 59.2 Å². The Bertz CT molecular complexity index is 820. The summed E-state index contributed by atoms with van der Waals surface area (Å²) in [5.41, 5.74) is 4.09. The molecule has 0 bridgehead atoms. The average Bonchev–Trinajstić information content (AvgIpc) is 3.35. The fourth-order valence-corrected chi connectivity index (χ4v) is 2.83. The maximum absolute atomic E-state index is 12.6. The molecule has 138 valence electrons. The van der Waals surface area contributed by atoms with Crippen molar-refractivity contribution in [1.29, 1.82) is 0 Å². The van der Waals surface area contributed by atoms with E-state index in [1.165, 1.54) is 5.56 Å². The fraction of sp³-hybridized carbons (Fsp3) is 0.450. The minimum Gasteiger partial charge on any atom is -0.449 e. The van der Waals surface area contributed by atoms with Crippen LogP contribution in [0, 0.1) is 20.8 Å². The van der Waals surface area contributed by atoms with Gasteiger partial charge in [0.05, 0.1) is 17.9 Å². The van der Waals surface area contributed by atoms with E-state index in [1.807, 2.05) is 26.0 Å². The van der Waals surface area contributed by atoms with Gasteiger partial charge in [0, 0.05) is 6.04 Å². The lowest BCUT2D eigenvalue weighted by Gasteiger charge is -2.13. The molecule has 1 N–H and O–H groups in total. The van der Waals surface area contributed by atoms with Gasteiger partial charge in [-0.05, 0) is 46.1 Å². The van der Waals surface area contributed by atoms with Crippen LogP contribution < -0.4 is 5.32 Å². The number of aryl methyl sites for hydroxylation is 2. The summed E-state index contributed by atoms with van der Waals surface area (Å²) in [7, 11) is 0. The van der Waals surface area contributed by atoms with E-state index in [0.29, 0.717) is 17.8 Å². The molecule has 1 saturated carbocycles. The Labute approximate surface area is 153 Å². The van der Waals surface area contributed by atoms with E-state index < -0.39 is 12.1 Å². The third-order valence-electron chi connectivity index (χ3n) is 4.62. The Morgan fingerprint density at radius 3 is 2.50 bits per heavy atom. The van der Waals surface area contributed by atoms with Crippen LogP contribution in [-0.4, -0.2) is 33.8 Å². The summed E-state index contributed by atoms with van der Waals surface area (Å²) in [6.45, 7) is 7.85. The van der Waals surface area contributed by atoms with Crippen LogP contribution in [0.1, 0.15) is 52.6 Å². The second-order valence-corrected chi connectivity index (χ2v) is 7.02. The van der Waals surface area contributed by atoms with E-state index in [4.69, 9.17) is 4.74 Å². The van der Waals surface area contributed by atoms with E-state index in [9.17, 15) is 9.59 Å². The van der Waals surface area contributed by atoms with Crippen molar-refractivity contribution in [2.24, 2.45) is 0 Å². The largest absolute Gasteiger partial charge is 0.449 e. The van der Waals surface area contributed by atoms with Crippen LogP contribution >= 0.6 is 0 Å². The Morgan fingerprint density at radius 2 is 1.88 bits per heavy atom. The topological polar surface area (TPSA) is 73.2 Å². The molecule has 2 aromatic rings. The molecule has 0 radical (unpaired) electrons. The number of ether oxygens (including phenoxy) is 1. The molecule has 1 aliphatic carbocycles. The molecule has 26 heavy (non-hydrogen) atoms.